The Morgan fingerprint density at radius 3 is 2.34 bits per heavy atom. The molecule has 0 aliphatic rings. The number of thiophene rings is 1. The van der Waals surface area contributed by atoms with Gasteiger partial charge in [-0.3, -0.25) is 14.4 Å². The average Bonchev–Trinajstić information content (AvgIpc) is 3.01. The van der Waals surface area contributed by atoms with Crippen LogP contribution in [0.3, 0.4) is 0 Å². The molecule has 0 radical (unpaired) electrons. The summed E-state index contributed by atoms with van der Waals surface area (Å²) < 4.78 is 9.76. The van der Waals surface area contributed by atoms with Gasteiger partial charge in [0.15, 0.2) is 0 Å². The Labute approximate surface area is 174 Å². The van der Waals surface area contributed by atoms with Gasteiger partial charge in [0.1, 0.15) is 5.00 Å². The van der Waals surface area contributed by atoms with Crippen LogP contribution in [-0.4, -0.2) is 56.6 Å². The Bertz CT molecular complexity index is 776. The highest BCUT2D eigenvalue weighted by atomic mass is 32.1. The van der Waals surface area contributed by atoms with E-state index in [1.807, 2.05) is 13.8 Å². The van der Waals surface area contributed by atoms with Gasteiger partial charge in [-0.25, -0.2) is 4.79 Å². The predicted molar refractivity (Wildman–Crippen MR) is 110 cm³/mol. The van der Waals surface area contributed by atoms with E-state index in [1.54, 1.807) is 13.8 Å². The smallest absolute Gasteiger partial charge is 0.341 e. The maximum Gasteiger partial charge on any atom is 0.341 e. The van der Waals surface area contributed by atoms with Crippen LogP contribution >= 0.6 is 11.3 Å². The number of amides is 2. The summed E-state index contributed by atoms with van der Waals surface area (Å²) in [7, 11) is 2.80. The van der Waals surface area contributed by atoms with E-state index in [-0.39, 0.29) is 42.0 Å². The largest absolute Gasteiger partial charge is 0.469 e. The second kappa shape index (κ2) is 10.9. The number of methoxy groups -OCH3 is 1. The molecule has 10 heteroatoms. The van der Waals surface area contributed by atoms with Gasteiger partial charge in [-0.1, -0.05) is 6.92 Å². The number of anilines is 1. The molecule has 9 nitrogen and oxygen atoms in total. The molecule has 1 rings (SSSR count). The van der Waals surface area contributed by atoms with E-state index in [1.165, 1.54) is 14.2 Å². The molecule has 162 valence electrons. The van der Waals surface area contributed by atoms with Gasteiger partial charge in [0.05, 0.1) is 37.1 Å². The maximum atomic E-state index is 12.5. The van der Waals surface area contributed by atoms with Crippen LogP contribution in [0.15, 0.2) is 0 Å². The highest BCUT2D eigenvalue weighted by Crippen LogP contribution is 2.33. The fourth-order valence-corrected chi connectivity index (χ4v) is 3.71. The molecule has 1 heterocycles. The van der Waals surface area contributed by atoms with Crippen LogP contribution in [0.1, 0.15) is 59.2 Å². The summed E-state index contributed by atoms with van der Waals surface area (Å²) >= 11 is 1.01. The average molecular weight is 428 g/mol. The van der Waals surface area contributed by atoms with Gasteiger partial charge in [-0.05, 0) is 32.8 Å². The molecular weight excluding hydrogens is 398 g/mol. The Morgan fingerprint density at radius 2 is 1.83 bits per heavy atom. The molecule has 0 aliphatic heterocycles. The normalized spacial score (nSPS) is 12.6. The molecule has 1 atom stereocenters. The molecule has 0 aromatic carbocycles. The molecule has 0 aliphatic carbocycles. The molecule has 1 aromatic heterocycles. The number of esters is 2. The number of nitrogens with one attached hydrogen (secondary N) is 3. The van der Waals surface area contributed by atoms with E-state index in [4.69, 9.17) is 9.47 Å². The molecule has 0 spiro atoms. The lowest BCUT2D eigenvalue weighted by molar-refractivity contribution is -0.142. The van der Waals surface area contributed by atoms with Crippen molar-refractivity contribution in [3.8, 4) is 0 Å². The lowest BCUT2D eigenvalue weighted by atomic mass is 9.94. The first-order chi connectivity index (χ1) is 13.6. The SMILES string of the molecule is CCOC(=O)c1c(NC(=O)CNC(C)(CC)CC(=O)OC)sc(C(=O)NC)c1C. The first-order valence-electron chi connectivity index (χ1n) is 9.26. The van der Waals surface area contributed by atoms with E-state index in [0.717, 1.165) is 11.3 Å². The van der Waals surface area contributed by atoms with Crippen molar-refractivity contribution in [3.05, 3.63) is 16.0 Å². The van der Waals surface area contributed by atoms with Crippen molar-refractivity contribution in [1.29, 1.82) is 0 Å². The van der Waals surface area contributed by atoms with Crippen LogP contribution in [0, 0.1) is 6.92 Å². The van der Waals surface area contributed by atoms with Crippen molar-refractivity contribution in [2.45, 2.75) is 46.1 Å². The topological polar surface area (TPSA) is 123 Å². The minimum atomic E-state index is -0.618. The monoisotopic (exact) mass is 427 g/mol. The lowest BCUT2D eigenvalue weighted by Gasteiger charge is -2.28. The second-order valence-electron chi connectivity index (χ2n) is 6.63. The van der Waals surface area contributed by atoms with Crippen molar-refractivity contribution in [2.24, 2.45) is 0 Å². The third kappa shape index (κ3) is 6.53. The Hall–Kier alpha value is -2.46. The van der Waals surface area contributed by atoms with Crippen molar-refractivity contribution in [2.75, 3.05) is 32.6 Å². The highest BCUT2D eigenvalue weighted by Gasteiger charge is 2.28. The van der Waals surface area contributed by atoms with E-state index in [0.29, 0.717) is 16.9 Å². The number of carbonyl (C=O) groups is 4. The molecule has 1 unspecified atom stereocenters. The van der Waals surface area contributed by atoms with Crippen LogP contribution in [0.25, 0.3) is 0 Å². The Balaban J connectivity index is 3.01. The van der Waals surface area contributed by atoms with Gasteiger partial charge in [-0.15, -0.1) is 11.3 Å². The van der Waals surface area contributed by atoms with Crippen molar-refractivity contribution >= 4 is 40.1 Å². The second-order valence-corrected chi connectivity index (χ2v) is 7.65. The summed E-state index contributed by atoms with van der Waals surface area (Å²) in [5, 5.41) is 8.49. The van der Waals surface area contributed by atoms with E-state index in [2.05, 4.69) is 16.0 Å². The summed E-state index contributed by atoms with van der Waals surface area (Å²) in [4.78, 5) is 48.8. The third-order valence-corrected chi connectivity index (χ3v) is 5.74. The fourth-order valence-electron chi connectivity index (χ4n) is 2.55. The maximum absolute atomic E-state index is 12.5. The highest BCUT2D eigenvalue weighted by molar-refractivity contribution is 7.18. The summed E-state index contributed by atoms with van der Waals surface area (Å²) in [5.74, 6) is -1.75. The molecule has 0 saturated heterocycles. The van der Waals surface area contributed by atoms with Crippen LogP contribution in [0.2, 0.25) is 0 Å². The molecule has 0 saturated carbocycles. The van der Waals surface area contributed by atoms with Crippen LogP contribution < -0.4 is 16.0 Å². The fraction of sp³-hybridized carbons (Fsp3) is 0.579. The summed E-state index contributed by atoms with van der Waals surface area (Å²) in [5.41, 5.74) is -0.00992. The third-order valence-electron chi connectivity index (χ3n) is 4.53. The van der Waals surface area contributed by atoms with Gasteiger partial charge in [0.25, 0.3) is 5.91 Å². The quantitative estimate of drug-likeness (QED) is 0.487. The van der Waals surface area contributed by atoms with E-state index >= 15 is 0 Å². The van der Waals surface area contributed by atoms with Gasteiger partial charge in [-0.2, -0.15) is 0 Å². The van der Waals surface area contributed by atoms with Crippen LogP contribution in [0.4, 0.5) is 5.00 Å². The van der Waals surface area contributed by atoms with Gasteiger partial charge in [0, 0.05) is 12.6 Å². The standard InChI is InChI=1S/C19H29N3O6S/c1-7-19(4,9-13(24)27-6)21-10-12(23)22-17-14(18(26)28-8-2)11(3)15(29-17)16(25)20-5/h21H,7-10H2,1-6H3,(H,20,25)(H,22,23). The minimum absolute atomic E-state index is 0.0874. The number of rotatable bonds is 10. The zero-order valence-electron chi connectivity index (χ0n) is 17.7. The summed E-state index contributed by atoms with van der Waals surface area (Å²) in [6, 6.07) is 0. The zero-order chi connectivity index (χ0) is 22.2. The van der Waals surface area contributed by atoms with Crippen molar-refractivity contribution in [1.82, 2.24) is 10.6 Å². The number of carbonyl (C=O) groups excluding carboxylic acids is 4. The molecule has 29 heavy (non-hydrogen) atoms. The number of hydrogen-bond acceptors (Lipinski definition) is 8. The van der Waals surface area contributed by atoms with Gasteiger partial charge in [0.2, 0.25) is 5.91 Å². The summed E-state index contributed by atoms with van der Waals surface area (Å²) in [6.07, 6.45) is 0.711. The zero-order valence-corrected chi connectivity index (χ0v) is 18.5. The van der Waals surface area contributed by atoms with Crippen LogP contribution in [0.5, 0.6) is 0 Å². The Morgan fingerprint density at radius 1 is 1.17 bits per heavy atom. The van der Waals surface area contributed by atoms with E-state index in [9.17, 15) is 19.2 Å². The lowest BCUT2D eigenvalue weighted by Crippen LogP contribution is -2.47. The molecule has 1 aromatic rings. The molecule has 3 N–H and O–H groups in total. The molecule has 2 amide bonds. The summed E-state index contributed by atoms with van der Waals surface area (Å²) in [6.45, 7) is 7.10. The van der Waals surface area contributed by atoms with Crippen LogP contribution in [-0.2, 0) is 19.1 Å². The van der Waals surface area contributed by atoms with Gasteiger partial charge < -0.3 is 25.4 Å². The van der Waals surface area contributed by atoms with Gasteiger partial charge >= 0.3 is 11.9 Å². The van der Waals surface area contributed by atoms with Crippen molar-refractivity contribution < 1.29 is 28.7 Å². The van der Waals surface area contributed by atoms with Crippen molar-refractivity contribution in [3.63, 3.8) is 0 Å². The minimum Gasteiger partial charge on any atom is -0.469 e. The molecule has 0 fully saturated rings. The predicted octanol–water partition coefficient (Wildman–Crippen LogP) is 1.85. The first-order valence-corrected chi connectivity index (χ1v) is 10.1. The van der Waals surface area contributed by atoms with E-state index < -0.39 is 17.4 Å². The number of ether oxygens (including phenoxy) is 2. The molecular formula is C19H29N3O6S. The molecule has 0 bridgehead atoms. The Kier molecular flexibility index (Phi) is 9.25. The first kappa shape index (κ1) is 24.6. The number of hydrogen-bond donors (Lipinski definition) is 3.